The molecule has 0 saturated heterocycles. The van der Waals surface area contributed by atoms with Crippen LogP contribution in [0.2, 0.25) is 5.02 Å². The molecule has 0 bridgehead atoms. The molecule has 0 aliphatic heterocycles. The Morgan fingerprint density at radius 2 is 1.93 bits per heavy atom. The highest BCUT2D eigenvalue weighted by molar-refractivity contribution is 7.99. The van der Waals surface area contributed by atoms with Crippen molar-refractivity contribution in [3.8, 4) is 5.69 Å². The first-order valence-corrected chi connectivity index (χ1v) is 11.1. The number of nitrogens with one attached hydrogen (secondary N) is 1. The van der Waals surface area contributed by atoms with Crippen molar-refractivity contribution in [1.29, 1.82) is 0 Å². The van der Waals surface area contributed by atoms with E-state index in [0.29, 0.717) is 15.9 Å². The minimum Gasteiger partial charge on any atom is -0.324 e. The predicted octanol–water partition coefficient (Wildman–Crippen LogP) is 4.97. The molecule has 8 heteroatoms. The maximum atomic E-state index is 12.5. The van der Waals surface area contributed by atoms with Crippen LogP contribution in [0.5, 0.6) is 0 Å². The number of nitrogens with zero attached hydrogens (tertiary/aromatic N) is 4. The second kappa shape index (κ2) is 10.1. The van der Waals surface area contributed by atoms with E-state index in [4.69, 9.17) is 11.6 Å². The number of aryl methyl sites for hydroxylation is 1. The molecular formula is C22H26ClN5OS. The van der Waals surface area contributed by atoms with Crippen molar-refractivity contribution in [2.45, 2.75) is 31.5 Å². The van der Waals surface area contributed by atoms with Gasteiger partial charge in [-0.05, 0) is 57.3 Å². The Kier molecular flexibility index (Phi) is 7.53. The van der Waals surface area contributed by atoms with Crippen LogP contribution >= 0.6 is 23.4 Å². The molecule has 0 unspecified atom stereocenters. The second-order valence-corrected chi connectivity index (χ2v) is 8.57. The standard InChI is InChI=1S/C22H26ClN5OS/c1-5-19(27(3)4)21-25-26-22(28(21)16-9-7-6-8-10-16)30-14-20(29)24-18-12-11-15(2)13-17(18)23/h6-13,19H,5,14H2,1-4H3,(H,24,29)/t19-/m1/s1. The Balaban J connectivity index is 1.82. The predicted molar refractivity (Wildman–Crippen MR) is 124 cm³/mol. The fourth-order valence-corrected chi connectivity index (χ4v) is 4.27. The number of hydrogen-bond acceptors (Lipinski definition) is 5. The number of benzene rings is 2. The van der Waals surface area contributed by atoms with Gasteiger partial charge in [-0.3, -0.25) is 14.3 Å². The van der Waals surface area contributed by atoms with Gasteiger partial charge in [0.15, 0.2) is 11.0 Å². The van der Waals surface area contributed by atoms with E-state index in [0.717, 1.165) is 23.5 Å². The Bertz CT molecular complexity index is 1010. The van der Waals surface area contributed by atoms with Crippen LogP contribution in [-0.4, -0.2) is 45.4 Å². The SMILES string of the molecule is CC[C@H](c1nnc(SCC(=O)Nc2ccc(C)cc2Cl)n1-c1ccccc1)N(C)C. The summed E-state index contributed by atoms with van der Waals surface area (Å²) in [6.45, 7) is 4.08. The number of halogens is 1. The van der Waals surface area contributed by atoms with Gasteiger partial charge in [0, 0.05) is 5.69 Å². The first kappa shape index (κ1) is 22.3. The van der Waals surface area contributed by atoms with Crippen molar-refractivity contribution >= 4 is 35.0 Å². The molecular weight excluding hydrogens is 418 g/mol. The Morgan fingerprint density at radius 1 is 1.20 bits per heavy atom. The highest BCUT2D eigenvalue weighted by atomic mass is 35.5. The van der Waals surface area contributed by atoms with E-state index in [9.17, 15) is 4.79 Å². The molecule has 6 nitrogen and oxygen atoms in total. The van der Waals surface area contributed by atoms with Crippen molar-refractivity contribution in [3.63, 3.8) is 0 Å². The van der Waals surface area contributed by atoms with Crippen LogP contribution in [0.25, 0.3) is 5.69 Å². The maximum Gasteiger partial charge on any atom is 0.234 e. The highest BCUT2D eigenvalue weighted by Crippen LogP contribution is 2.29. The van der Waals surface area contributed by atoms with Gasteiger partial charge >= 0.3 is 0 Å². The number of para-hydroxylation sites is 1. The summed E-state index contributed by atoms with van der Waals surface area (Å²) in [7, 11) is 4.06. The number of aromatic nitrogens is 3. The molecule has 1 aromatic heterocycles. The summed E-state index contributed by atoms with van der Waals surface area (Å²) in [5.74, 6) is 0.918. The van der Waals surface area contributed by atoms with Crippen LogP contribution in [0, 0.1) is 6.92 Å². The van der Waals surface area contributed by atoms with Gasteiger partial charge in [0.05, 0.1) is 22.5 Å². The van der Waals surface area contributed by atoms with E-state index in [-0.39, 0.29) is 17.7 Å². The van der Waals surface area contributed by atoms with Gasteiger partial charge in [0.2, 0.25) is 5.91 Å². The zero-order chi connectivity index (χ0) is 21.7. The second-order valence-electron chi connectivity index (χ2n) is 7.22. The molecule has 1 heterocycles. The van der Waals surface area contributed by atoms with E-state index in [1.54, 1.807) is 0 Å². The van der Waals surface area contributed by atoms with E-state index >= 15 is 0 Å². The topological polar surface area (TPSA) is 63.1 Å². The lowest BCUT2D eigenvalue weighted by atomic mass is 10.2. The quantitative estimate of drug-likeness (QED) is 0.498. The number of carbonyl (C=O) groups is 1. The van der Waals surface area contributed by atoms with Crippen molar-refractivity contribution in [3.05, 3.63) is 64.9 Å². The first-order valence-electron chi connectivity index (χ1n) is 9.76. The lowest BCUT2D eigenvalue weighted by Gasteiger charge is -2.23. The monoisotopic (exact) mass is 443 g/mol. The molecule has 3 rings (SSSR count). The maximum absolute atomic E-state index is 12.5. The van der Waals surface area contributed by atoms with Gasteiger partial charge in [-0.25, -0.2) is 0 Å². The molecule has 0 aliphatic carbocycles. The molecule has 0 saturated carbocycles. The van der Waals surface area contributed by atoms with E-state index < -0.39 is 0 Å². The Hall–Kier alpha value is -2.35. The largest absolute Gasteiger partial charge is 0.324 e. The first-order chi connectivity index (χ1) is 14.4. The average molecular weight is 444 g/mol. The summed E-state index contributed by atoms with van der Waals surface area (Å²) in [5.41, 5.74) is 2.63. The number of amides is 1. The summed E-state index contributed by atoms with van der Waals surface area (Å²) in [5, 5.41) is 12.9. The smallest absolute Gasteiger partial charge is 0.234 e. The molecule has 0 fully saturated rings. The molecule has 0 aliphatic rings. The van der Waals surface area contributed by atoms with Gasteiger partial charge in [-0.1, -0.05) is 54.6 Å². The van der Waals surface area contributed by atoms with Gasteiger partial charge in [0.25, 0.3) is 0 Å². The molecule has 0 spiro atoms. The summed E-state index contributed by atoms with van der Waals surface area (Å²) < 4.78 is 2.03. The van der Waals surface area contributed by atoms with Crippen LogP contribution in [0.15, 0.2) is 53.7 Å². The Labute approximate surface area is 186 Å². The molecule has 158 valence electrons. The van der Waals surface area contributed by atoms with Crippen LogP contribution in [0.1, 0.15) is 30.8 Å². The van der Waals surface area contributed by atoms with E-state index in [1.165, 1.54) is 11.8 Å². The van der Waals surface area contributed by atoms with Crippen molar-refractivity contribution < 1.29 is 4.79 Å². The Morgan fingerprint density at radius 3 is 2.57 bits per heavy atom. The van der Waals surface area contributed by atoms with Gasteiger partial charge in [0.1, 0.15) is 0 Å². The van der Waals surface area contributed by atoms with E-state index in [1.807, 2.05) is 74.1 Å². The van der Waals surface area contributed by atoms with Crippen molar-refractivity contribution in [2.75, 3.05) is 25.2 Å². The number of thioether (sulfide) groups is 1. The van der Waals surface area contributed by atoms with Crippen molar-refractivity contribution in [2.24, 2.45) is 0 Å². The molecule has 30 heavy (non-hydrogen) atoms. The zero-order valence-corrected chi connectivity index (χ0v) is 19.2. The summed E-state index contributed by atoms with van der Waals surface area (Å²) >= 11 is 7.58. The minimum absolute atomic E-state index is 0.118. The summed E-state index contributed by atoms with van der Waals surface area (Å²) in [6, 6.07) is 15.7. The van der Waals surface area contributed by atoms with Gasteiger partial charge in [-0.15, -0.1) is 10.2 Å². The number of hydrogen-bond donors (Lipinski definition) is 1. The lowest BCUT2D eigenvalue weighted by Crippen LogP contribution is -2.23. The molecule has 0 radical (unpaired) electrons. The summed E-state index contributed by atoms with van der Waals surface area (Å²) in [4.78, 5) is 14.6. The highest BCUT2D eigenvalue weighted by Gasteiger charge is 2.23. The van der Waals surface area contributed by atoms with Crippen LogP contribution in [-0.2, 0) is 4.79 Å². The van der Waals surface area contributed by atoms with Crippen LogP contribution < -0.4 is 5.32 Å². The third kappa shape index (κ3) is 5.22. The van der Waals surface area contributed by atoms with Crippen LogP contribution in [0.4, 0.5) is 5.69 Å². The normalized spacial score (nSPS) is 12.2. The third-order valence-electron chi connectivity index (χ3n) is 4.71. The van der Waals surface area contributed by atoms with Gasteiger partial charge < -0.3 is 5.32 Å². The number of rotatable bonds is 8. The van der Waals surface area contributed by atoms with Crippen molar-refractivity contribution in [1.82, 2.24) is 19.7 Å². The average Bonchev–Trinajstić information content (AvgIpc) is 3.13. The third-order valence-corrected chi connectivity index (χ3v) is 5.95. The number of carbonyl (C=O) groups excluding carboxylic acids is 1. The summed E-state index contributed by atoms with van der Waals surface area (Å²) in [6.07, 6.45) is 0.898. The fraction of sp³-hybridized carbons (Fsp3) is 0.318. The fourth-order valence-electron chi connectivity index (χ4n) is 3.23. The van der Waals surface area contributed by atoms with Gasteiger partial charge in [-0.2, -0.15) is 0 Å². The number of anilines is 1. The van der Waals surface area contributed by atoms with Crippen LogP contribution in [0.3, 0.4) is 0 Å². The minimum atomic E-state index is -0.144. The zero-order valence-electron chi connectivity index (χ0n) is 17.6. The van der Waals surface area contributed by atoms with E-state index in [2.05, 4.69) is 27.3 Å². The molecule has 3 aromatic rings. The molecule has 1 amide bonds. The molecule has 1 N–H and O–H groups in total. The molecule has 2 aromatic carbocycles. The molecule has 1 atom stereocenters. The lowest BCUT2D eigenvalue weighted by molar-refractivity contribution is -0.113.